The fraction of sp³-hybridized carbons (Fsp3) is 0.294. The lowest BCUT2D eigenvalue weighted by Crippen LogP contribution is -2.10. The van der Waals surface area contributed by atoms with Gasteiger partial charge in [0.2, 0.25) is 0 Å². The van der Waals surface area contributed by atoms with Crippen molar-refractivity contribution in [1.29, 1.82) is 0 Å². The number of fused-ring (bicyclic) bond motifs is 1. The van der Waals surface area contributed by atoms with E-state index in [0.29, 0.717) is 11.5 Å². The van der Waals surface area contributed by atoms with E-state index in [-0.39, 0.29) is 5.82 Å². The quantitative estimate of drug-likeness (QED) is 0.794. The molecule has 0 radical (unpaired) electrons. The average molecular weight is 298 g/mol. The second kappa shape index (κ2) is 5.75. The van der Waals surface area contributed by atoms with E-state index in [1.165, 1.54) is 6.07 Å². The number of hydrogen-bond acceptors (Lipinski definition) is 3. The molecule has 0 fully saturated rings. The van der Waals surface area contributed by atoms with Crippen LogP contribution in [0.4, 0.5) is 10.2 Å². The van der Waals surface area contributed by atoms with E-state index in [1.807, 2.05) is 18.2 Å². The van der Waals surface area contributed by atoms with Crippen molar-refractivity contribution in [2.45, 2.75) is 20.8 Å². The molecule has 0 aliphatic rings. The lowest BCUT2D eigenvalue weighted by molar-refractivity contribution is 0.619. The van der Waals surface area contributed by atoms with E-state index in [4.69, 9.17) is 0 Å². The van der Waals surface area contributed by atoms with Crippen LogP contribution in [0.5, 0.6) is 0 Å². The van der Waals surface area contributed by atoms with E-state index >= 15 is 0 Å². The van der Waals surface area contributed by atoms with E-state index in [2.05, 4.69) is 29.2 Å². The van der Waals surface area contributed by atoms with E-state index in [9.17, 15) is 4.39 Å². The van der Waals surface area contributed by atoms with Crippen molar-refractivity contribution in [1.82, 2.24) is 14.6 Å². The van der Waals surface area contributed by atoms with Crippen LogP contribution in [0, 0.1) is 18.7 Å². The summed E-state index contributed by atoms with van der Waals surface area (Å²) in [5.74, 6) is 1.10. The number of benzene rings is 1. The molecule has 0 aliphatic carbocycles. The summed E-state index contributed by atoms with van der Waals surface area (Å²) in [7, 11) is 0. The highest BCUT2D eigenvalue weighted by Crippen LogP contribution is 2.23. The highest BCUT2D eigenvalue weighted by Gasteiger charge is 2.10. The summed E-state index contributed by atoms with van der Waals surface area (Å²) in [6, 6.07) is 8.99. The van der Waals surface area contributed by atoms with Gasteiger partial charge in [-0.15, -0.1) is 5.10 Å². The fourth-order valence-corrected chi connectivity index (χ4v) is 2.23. The summed E-state index contributed by atoms with van der Waals surface area (Å²) in [4.78, 5) is 4.33. The zero-order valence-corrected chi connectivity index (χ0v) is 13.0. The standard InChI is InChI=1S/C17H19FN4/c1-11(2)9-19-16-6-7-17-20-10-15(22(17)21-16)13-5-4-12(3)14(18)8-13/h4-8,10-11H,9H2,1-3H3,(H,19,21). The summed E-state index contributed by atoms with van der Waals surface area (Å²) in [6.07, 6.45) is 1.72. The van der Waals surface area contributed by atoms with Gasteiger partial charge in [0.25, 0.3) is 0 Å². The molecule has 3 rings (SSSR count). The lowest BCUT2D eigenvalue weighted by atomic mass is 10.1. The molecule has 0 spiro atoms. The number of aromatic nitrogens is 3. The summed E-state index contributed by atoms with van der Waals surface area (Å²) in [6.45, 7) is 6.88. The SMILES string of the molecule is Cc1ccc(-c2cnc3ccc(NCC(C)C)nn23)cc1F. The van der Waals surface area contributed by atoms with E-state index < -0.39 is 0 Å². The maximum absolute atomic E-state index is 13.8. The Kier molecular flexibility index (Phi) is 3.79. The largest absolute Gasteiger partial charge is 0.368 e. The van der Waals surface area contributed by atoms with Crippen molar-refractivity contribution in [3.05, 3.63) is 47.9 Å². The molecule has 1 N–H and O–H groups in total. The second-order valence-electron chi connectivity index (χ2n) is 5.87. The fourth-order valence-electron chi connectivity index (χ4n) is 2.23. The van der Waals surface area contributed by atoms with E-state index in [1.54, 1.807) is 23.7 Å². The molecule has 4 nitrogen and oxygen atoms in total. The zero-order valence-electron chi connectivity index (χ0n) is 13.0. The van der Waals surface area contributed by atoms with Gasteiger partial charge in [0.05, 0.1) is 11.9 Å². The Morgan fingerprint density at radius 3 is 2.77 bits per heavy atom. The molecule has 0 amide bonds. The number of halogens is 1. The minimum absolute atomic E-state index is 0.221. The molecular formula is C17H19FN4. The van der Waals surface area contributed by atoms with Crippen LogP contribution < -0.4 is 5.32 Å². The van der Waals surface area contributed by atoms with Crippen molar-refractivity contribution in [3.63, 3.8) is 0 Å². The molecular weight excluding hydrogens is 279 g/mol. The minimum atomic E-state index is -0.221. The Bertz CT molecular complexity index is 808. The molecule has 0 bridgehead atoms. The highest BCUT2D eigenvalue weighted by molar-refractivity contribution is 5.64. The predicted octanol–water partition coefficient (Wildman–Crippen LogP) is 3.91. The number of nitrogens with one attached hydrogen (secondary N) is 1. The van der Waals surface area contributed by atoms with Crippen molar-refractivity contribution in [3.8, 4) is 11.3 Å². The van der Waals surface area contributed by atoms with Gasteiger partial charge < -0.3 is 5.32 Å². The molecule has 0 atom stereocenters. The number of rotatable bonds is 4. The van der Waals surface area contributed by atoms with Crippen LogP contribution in [-0.2, 0) is 0 Å². The first-order valence-electron chi connectivity index (χ1n) is 7.40. The first-order chi connectivity index (χ1) is 10.5. The van der Waals surface area contributed by atoms with Gasteiger partial charge in [0.15, 0.2) is 5.65 Å². The van der Waals surface area contributed by atoms with Gasteiger partial charge in [-0.25, -0.2) is 13.9 Å². The number of hydrogen-bond donors (Lipinski definition) is 1. The van der Waals surface area contributed by atoms with Crippen LogP contribution in [0.15, 0.2) is 36.5 Å². The first-order valence-corrected chi connectivity index (χ1v) is 7.40. The molecule has 114 valence electrons. The topological polar surface area (TPSA) is 42.2 Å². The molecule has 5 heteroatoms. The van der Waals surface area contributed by atoms with Gasteiger partial charge in [-0.1, -0.05) is 26.0 Å². The van der Waals surface area contributed by atoms with Crippen LogP contribution in [0.2, 0.25) is 0 Å². The molecule has 0 saturated heterocycles. The Hall–Kier alpha value is -2.43. The number of imidazole rings is 1. The van der Waals surface area contributed by atoms with Crippen LogP contribution in [0.25, 0.3) is 16.9 Å². The van der Waals surface area contributed by atoms with Crippen LogP contribution in [0.1, 0.15) is 19.4 Å². The maximum Gasteiger partial charge on any atom is 0.154 e. The molecule has 3 aromatic rings. The summed E-state index contributed by atoms with van der Waals surface area (Å²) in [5, 5.41) is 7.85. The predicted molar refractivity (Wildman–Crippen MR) is 86.4 cm³/mol. The van der Waals surface area contributed by atoms with Gasteiger partial charge in [-0.2, -0.15) is 0 Å². The van der Waals surface area contributed by atoms with Gasteiger partial charge in [0.1, 0.15) is 11.6 Å². The number of nitrogens with zero attached hydrogens (tertiary/aromatic N) is 3. The first kappa shape index (κ1) is 14.5. The third-order valence-electron chi connectivity index (χ3n) is 3.52. The van der Waals surface area contributed by atoms with Crippen LogP contribution >= 0.6 is 0 Å². The van der Waals surface area contributed by atoms with Crippen LogP contribution in [0.3, 0.4) is 0 Å². The summed E-state index contributed by atoms with van der Waals surface area (Å²) >= 11 is 0. The van der Waals surface area contributed by atoms with Crippen molar-refractivity contribution in [2.24, 2.45) is 5.92 Å². The lowest BCUT2D eigenvalue weighted by Gasteiger charge is -2.09. The molecule has 2 aromatic heterocycles. The normalized spacial score (nSPS) is 11.3. The third-order valence-corrected chi connectivity index (χ3v) is 3.52. The van der Waals surface area contributed by atoms with Gasteiger partial charge >= 0.3 is 0 Å². The minimum Gasteiger partial charge on any atom is -0.368 e. The van der Waals surface area contributed by atoms with Crippen molar-refractivity contribution in [2.75, 3.05) is 11.9 Å². The average Bonchev–Trinajstić information content (AvgIpc) is 2.91. The Morgan fingerprint density at radius 2 is 2.05 bits per heavy atom. The second-order valence-corrected chi connectivity index (χ2v) is 5.87. The van der Waals surface area contributed by atoms with Gasteiger partial charge in [0, 0.05) is 12.1 Å². The Morgan fingerprint density at radius 1 is 1.23 bits per heavy atom. The van der Waals surface area contributed by atoms with E-state index in [0.717, 1.165) is 29.3 Å². The third kappa shape index (κ3) is 2.79. The number of anilines is 1. The Balaban J connectivity index is 2.02. The molecule has 1 aromatic carbocycles. The Labute approximate surface area is 129 Å². The highest BCUT2D eigenvalue weighted by atomic mass is 19.1. The number of aryl methyl sites for hydroxylation is 1. The molecule has 0 saturated carbocycles. The molecule has 0 unspecified atom stereocenters. The van der Waals surface area contributed by atoms with Gasteiger partial charge in [-0.3, -0.25) is 0 Å². The monoisotopic (exact) mass is 298 g/mol. The van der Waals surface area contributed by atoms with Crippen LogP contribution in [-0.4, -0.2) is 21.1 Å². The van der Waals surface area contributed by atoms with Crippen molar-refractivity contribution < 1.29 is 4.39 Å². The smallest absolute Gasteiger partial charge is 0.154 e. The molecule has 2 heterocycles. The maximum atomic E-state index is 13.8. The molecule has 0 aliphatic heterocycles. The van der Waals surface area contributed by atoms with Crippen molar-refractivity contribution >= 4 is 11.5 Å². The zero-order chi connectivity index (χ0) is 15.7. The summed E-state index contributed by atoms with van der Waals surface area (Å²) in [5.41, 5.74) is 2.92. The molecule has 22 heavy (non-hydrogen) atoms. The summed E-state index contributed by atoms with van der Waals surface area (Å²) < 4.78 is 15.5. The van der Waals surface area contributed by atoms with Gasteiger partial charge in [-0.05, 0) is 36.6 Å².